The smallest absolute Gasteiger partial charge is 0.217 e. The second kappa shape index (κ2) is 2.89. The Kier molecular flexibility index (Phi) is 2.32. The molecule has 2 atom stereocenters. The minimum atomic E-state index is -0.637. The zero-order valence-corrected chi connectivity index (χ0v) is 6.65. The number of halogens is 2. The van der Waals surface area contributed by atoms with Crippen LogP contribution in [0.2, 0.25) is 0 Å². The van der Waals surface area contributed by atoms with Gasteiger partial charge in [0.2, 0.25) is 11.6 Å². The number of hydrogen-bond donors (Lipinski definition) is 0. The number of hydrogen-bond acceptors (Lipinski definition) is 2. The molecule has 1 aliphatic rings. The predicted octanol–water partition coefficient (Wildman–Crippen LogP) is 1.13. The summed E-state index contributed by atoms with van der Waals surface area (Å²) in [4.78, 5) is 21.5. The molecule has 1 saturated carbocycles. The third-order valence-electron chi connectivity index (χ3n) is 1.49. The lowest BCUT2D eigenvalue weighted by molar-refractivity contribution is -0.137. The Morgan fingerprint density at radius 2 is 1.30 bits per heavy atom. The Balaban J connectivity index is 2.70. The average Bonchev–Trinajstić information content (AvgIpc) is 1.93. The second-order valence-corrected chi connectivity index (χ2v) is 3.29. The van der Waals surface area contributed by atoms with Crippen LogP contribution in [0.5, 0.6) is 0 Å². The number of ketones is 2. The largest absolute Gasteiger partial charge is 0.289 e. The van der Waals surface area contributed by atoms with Gasteiger partial charge < -0.3 is 0 Å². The summed E-state index contributed by atoms with van der Waals surface area (Å²) in [6, 6.07) is 0. The topological polar surface area (TPSA) is 34.1 Å². The molecule has 0 radical (unpaired) electrons. The lowest BCUT2D eigenvalue weighted by Crippen LogP contribution is -2.36. The Morgan fingerprint density at radius 1 is 1.00 bits per heavy atom. The first-order chi connectivity index (χ1) is 4.63. The van der Waals surface area contributed by atoms with Crippen LogP contribution in [0.1, 0.15) is 12.8 Å². The van der Waals surface area contributed by atoms with Crippen LogP contribution in [0.3, 0.4) is 0 Å². The van der Waals surface area contributed by atoms with Crippen LogP contribution in [0.15, 0.2) is 0 Å². The van der Waals surface area contributed by atoms with E-state index in [4.69, 9.17) is 23.2 Å². The average molecular weight is 181 g/mol. The van der Waals surface area contributed by atoms with E-state index in [0.717, 1.165) is 0 Å². The monoisotopic (exact) mass is 180 g/mol. The molecule has 1 aliphatic carbocycles. The first-order valence-electron chi connectivity index (χ1n) is 2.99. The van der Waals surface area contributed by atoms with E-state index in [0.29, 0.717) is 12.8 Å². The van der Waals surface area contributed by atoms with Crippen LogP contribution in [-0.4, -0.2) is 22.3 Å². The van der Waals surface area contributed by atoms with Crippen molar-refractivity contribution in [1.82, 2.24) is 0 Å². The Hall–Kier alpha value is -0.0800. The lowest BCUT2D eigenvalue weighted by Gasteiger charge is -2.16. The molecule has 0 aromatic heterocycles. The molecule has 2 nitrogen and oxygen atoms in total. The van der Waals surface area contributed by atoms with Gasteiger partial charge >= 0.3 is 0 Å². The number of carbonyl (C=O) groups excluding carboxylic acids is 2. The molecule has 0 amide bonds. The first-order valence-corrected chi connectivity index (χ1v) is 3.86. The Labute approximate surface area is 68.5 Å². The van der Waals surface area contributed by atoms with Crippen molar-refractivity contribution in [2.24, 2.45) is 0 Å². The van der Waals surface area contributed by atoms with Crippen molar-refractivity contribution < 1.29 is 9.59 Å². The number of carbonyl (C=O) groups is 2. The third-order valence-corrected chi connectivity index (χ3v) is 2.32. The van der Waals surface area contributed by atoms with Gasteiger partial charge in [0.25, 0.3) is 0 Å². The van der Waals surface area contributed by atoms with Crippen molar-refractivity contribution in [1.29, 1.82) is 0 Å². The maximum Gasteiger partial charge on any atom is 0.217 e. The van der Waals surface area contributed by atoms with Crippen LogP contribution in [0.4, 0.5) is 0 Å². The van der Waals surface area contributed by atoms with Crippen molar-refractivity contribution in [3.05, 3.63) is 0 Å². The summed E-state index contributed by atoms with van der Waals surface area (Å²) in [5, 5.41) is -1.27. The van der Waals surface area contributed by atoms with E-state index in [1.54, 1.807) is 0 Å². The quantitative estimate of drug-likeness (QED) is 0.414. The van der Waals surface area contributed by atoms with Gasteiger partial charge in [-0.1, -0.05) is 0 Å². The number of Topliss-reactive ketones (excluding diaryl/α,β-unsaturated/α-hetero) is 2. The molecule has 0 heterocycles. The van der Waals surface area contributed by atoms with Crippen molar-refractivity contribution in [3.8, 4) is 0 Å². The summed E-state index contributed by atoms with van der Waals surface area (Å²) < 4.78 is 0. The van der Waals surface area contributed by atoms with Crippen LogP contribution in [0.25, 0.3) is 0 Å². The van der Waals surface area contributed by atoms with Gasteiger partial charge in [0, 0.05) is 0 Å². The summed E-state index contributed by atoms with van der Waals surface area (Å²) in [5.74, 6) is -1.07. The molecule has 10 heavy (non-hydrogen) atoms. The molecule has 56 valence electrons. The predicted molar refractivity (Wildman–Crippen MR) is 38.5 cm³/mol. The van der Waals surface area contributed by atoms with E-state index in [-0.39, 0.29) is 0 Å². The highest BCUT2D eigenvalue weighted by Crippen LogP contribution is 2.20. The molecule has 4 heteroatoms. The number of alkyl halides is 2. The van der Waals surface area contributed by atoms with Gasteiger partial charge in [-0.05, 0) is 12.8 Å². The lowest BCUT2D eigenvalue weighted by atomic mass is 9.97. The van der Waals surface area contributed by atoms with E-state index >= 15 is 0 Å². The van der Waals surface area contributed by atoms with Gasteiger partial charge in [-0.3, -0.25) is 9.59 Å². The first kappa shape index (κ1) is 8.02. The maximum atomic E-state index is 10.8. The zero-order valence-electron chi connectivity index (χ0n) is 5.14. The number of rotatable bonds is 0. The highest BCUT2D eigenvalue weighted by Gasteiger charge is 2.34. The highest BCUT2D eigenvalue weighted by atomic mass is 35.5. The molecule has 0 bridgehead atoms. The SMILES string of the molecule is O=C1C(=O)C(Cl)CCC1Cl. The van der Waals surface area contributed by atoms with Crippen LogP contribution in [-0.2, 0) is 9.59 Å². The summed E-state index contributed by atoms with van der Waals surface area (Å²) in [7, 11) is 0. The van der Waals surface area contributed by atoms with Gasteiger partial charge in [-0.2, -0.15) is 0 Å². The molecule has 1 fully saturated rings. The molecule has 1 rings (SSSR count). The minimum absolute atomic E-state index is 0.514. The Bertz CT molecular complexity index is 159. The van der Waals surface area contributed by atoms with Crippen molar-refractivity contribution >= 4 is 34.8 Å². The van der Waals surface area contributed by atoms with Crippen LogP contribution >= 0.6 is 23.2 Å². The maximum absolute atomic E-state index is 10.8. The molecule has 0 aromatic carbocycles. The van der Waals surface area contributed by atoms with Crippen LogP contribution in [0, 0.1) is 0 Å². The van der Waals surface area contributed by atoms with E-state index in [1.165, 1.54) is 0 Å². The summed E-state index contributed by atoms with van der Waals surface area (Å²) >= 11 is 11.0. The fraction of sp³-hybridized carbons (Fsp3) is 0.667. The van der Waals surface area contributed by atoms with Gasteiger partial charge in [-0.25, -0.2) is 0 Å². The van der Waals surface area contributed by atoms with Gasteiger partial charge in [0.1, 0.15) is 0 Å². The normalized spacial score (nSPS) is 34.6. The molecular weight excluding hydrogens is 175 g/mol. The standard InChI is InChI=1S/C6H6Cl2O2/c7-3-1-2-4(8)6(10)5(3)9/h3-4H,1-2H2. The highest BCUT2D eigenvalue weighted by molar-refractivity contribution is 6.57. The van der Waals surface area contributed by atoms with Crippen molar-refractivity contribution in [2.75, 3.05) is 0 Å². The van der Waals surface area contributed by atoms with Crippen LogP contribution < -0.4 is 0 Å². The van der Waals surface area contributed by atoms with Gasteiger partial charge in [-0.15, -0.1) is 23.2 Å². The fourth-order valence-corrected chi connectivity index (χ4v) is 1.33. The minimum Gasteiger partial charge on any atom is -0.289 e. The second-order valence-electron chi connectivity index (χ2n) is 2.24. The summed E-state index contributed by atoms with van der Waals surface area (Å²) in [5.41, 5.74) is 0. The Morgan fingerprint density at radius 3 is 1.60 bits per heavy atom. The summed E-state index contributed by atoms with van der Waals surface area (Å²) in [6.07, 6.45) is 1.03. The van der Waals surface area contributed by atoms with E-state index in [2.05, 4.69) is 0 Å². The van der Waals surface area contributed by atoms with Crippen molar-refractivity contribution in [2.45, 2.75) is 23.6 Å². The van der Waals surface area contributed by atoms with E-state index in [1.807, 2.05) is 0 Å². The molecule has 0 N–H and O–H groups in total. The molecule has 0 saturated heterocycles. The fourth-order valence-electron chi connectivity index (χ4n) is 0.864. The summed E-state index contributed by atoms with van der Waals surface area (Å²) in [6.45, 7) is 0. The molecule has 2 unspecified atom stereocenters. The van der Waals surface area contributed by atoms with Gasteiger partial charge in [0.05, 0.1) is 10.8 Å². The van der Waals surface area contributed by atoms with E-state index in [9.17, 15) is 9.59 Å². The van der Waals surface area contributed by atoms with Gasteiger partial charge in [0.15, 0.2) is 0 Å². The van der Waals surface area contributed by atoms with Crippen molar-refractivity contribution in [3.63, 3.8) is 0 Å². The molecule has 0 spiro atoms. The third kappa shape index (κ3) is 1.32. The molecular formula is C6H6Cl2O2. The van der Waals surface area contributed by atoms with E-state index < -0.39 is 22.3 Å². The molecule has 0 aromatic rings. The zero-order chi connectivity index (χ0) is 7.72. The molecule has 0 aliphatic heterocycles.